The van der Waals surface area contributed by atoms with E-state index in [2.05, 4.69) is 57.7 Å². The number of hydrogen-bond donors (Lipinski definition) is 1. The Morgan fingerprint density at radius 1 is 1.12 bits per heavy atom. The minimum atomic E-state index is 0.107. The van der Waals surface area contributed by atoms with Gasteiger partial charge in [-0.15, -0.1) is 0 Å². The molecule has 1 unspecified atom stereocenters. The maximum atomic E-state index is 6.31. The molecule has 0 aliphatic carbocycles. The Kier molecular flexibility index (Phi) is 5.16. The molecule has 0 saturated heterocycles. The lowest BCUT2D eigenvalue weighted by Crippen LogP contribution is -2.37. The maximum Gasteiger partial charge on any atom is 0.0424 e. The van der Waals surface area contributed by atoms with Gasteiger partial charge in [-0.2, -0.15) is 0 Å². The summed E-state index contributed by atoms with van der Waals surface area (Å²) >= 11 is 0. The van der Waals surface area contributed by atoms with Crippen LogP contribution >= 0.6 is 0 Å². The minimum Gasteiger partial charge on any atom is -0.323 e. The molecular formula is C15H26N2. The highest BCUT2D eigenvalue weighted by Gasteiger charge is 2.13. The number of likely N-dealkylation sites (N-methyl/N-ethyl adjacent to an activating group) is 1. The quantitative estimate of drug-likeness (QED) is 0.848. The molecule has 1 aromatic rings. The number of rotatable bonds is 5. The molecule has 0 aliphatic heterocycles. The van der Waals surface area contributed by atoms with E-state index in [-0.39, 0.29) is 6.04 Å². The maximum absolute atomic E-state index is 6.31. The van der Waals surface area contributed by atoms with Crippen molar-refractivity contribution in [3.05, 3.63) is 34.9 Å². The highest BCUT2D eigenvalue weighted by atomic mass is 15.1. The Morgan fingerprint density at radius 2 is 1.65 bits per heavy atom. The van der Waals surface area contributed by atoms with Gasteiger partial charge >= 0.3 is 0 Å². The molecule has 0 radical (unpaired) electrons. The van der Waals surface area contributed by atoms with E-state index in [1.165, 1.54) is 16.7 Å². The van der Waals surface area contributed by atoms with Crippen LogP contribution in [0.1, 0.15) is 43.5 Å². The van der Waals surface area contributed by atoms with Crippen LogP contribution in [0.4, 0.5) is 0 Å². The summed E-state index contributed by atoms with van der Waals surface area (Å²) in [6, 6.07) is 7.25. The SMILES string of the molecule is CCN(CC(N)c1cc(C)cc(C)c1)C(C)C. The van der Waals surface area contributed by atoms with Crippen LogP contribution in [0.3, 0.4) is 0 Å². The van der Waals surface area contributed by atoms with E-state index >= 15 is 0 Å². The van der Waals surface area contributed by atoms with E-state index < -0.39 is 0 Å². The number of benzene rings is 1. The highest BCUT2D eigenvalue weighted by molar-refractivity contribution is 5.30. The molecule has 2 nitrogen and oxygen atoms in total. The second-order valence-electron chi connectivity index (χ2n) is 5.21. The van der Waals surface area contributed by atoms with Crippen molar-refractivity contribution in [3.8, 4) is 0 Å². The number of nitrogens with zero attached hydrogens (tertiary/aromatic N) is 1. The molecule has 0 aromatic heterocycles. The third-order valence-corrected chi connectivity index (χ3v) is 3.24. The van der Waals surface area contributed by atoms with Crippen LogP contribution in [-0.4, -0.2) is 24.0 Å². The van der Waals surface area contributed by atoms with Gasteiger partial charge in [0.15, 0.2) is 0 Å². The first-order chi connectivity index (χ1) is 7.93. The van der Waals surface area contributed by atoms with Crippen molar-refractivity contribution in [2.75, 3.05) is 13.1 Å². The van der Waals surface area contributed by atoms with Crippen LogP contribution in [0, 0.1) is 13.8 Å². The molecule has 1 rings (SSSR count). The van der Waals surface area contributed by atoms with Crippen LogP contribution < -0.4 is 5.73 Å². The molecular weight excluding hydrogens is 208 g/mol. The van der Waals surface area contributed by atoms with Gasteiger partial charge in [0, 0.05) is 18.6 Å². The fraction of sp³-hybridized carbons (Fsp3) is 0.600. The summed E-state index contributed by atoms with van der Waals surface area (Å²) in [6.07, 6.45) is 0. The monoisotopic (exact) mass is 234 g/mol. The van der Waals surface area contributed by atoms with Crippen molar-refractivity contribution in [1.82, 2.24) is 4.90 Å². The van der Waals surface area contributed by atoms with Gasteiger partial charge in [0.25, 0.3) is 0 Å². The third-order valence-electron chi connectivity index (χ3n) is 3.24. The molecule has 0 aliphatic rings. The van der Waals surface area contributed by atoms with Crippen molar-refractivity contribution in [1.29, 1.82) is 0 Å². The summed E-state index contributed by atoms with van der Waals surface area (Å²) in [5, 5.41) is 0. The lowest BCUT2D eigenvalue weighted by molar-refractivity contribution is 0.220. The molecule has 96 valence electrons. The second-order valence-corrected chi connectivity index (χ2v) is 5.21. The summed E-state index contributed by atoms with van der Waals surface area (Å²) < 4.78 is 0. The molecule has 17 heavy (non-hydrogen) atoms. The van der Waals surface area contributed by atoms with Gasteiger partial charge in [0.2, 0.25) is 0 Å². The van der Waals surface area contributed by atoms with E-state index in [1.54, 1.807) is 0 Å². The molecule has 1 aromatic carbocycles. The molecule has 2 heteroatoms. The largest absolute Gasteiger partial charge is 0.323 e. The molecule has 0 amide bonds. The normalized spacial score (nSPS) is 13.4. The Hall–Kier alpha value is -0.860. The Bertz CT molecular complexity index is 338. The smallest absolute Gasteiger partial charge is 0.0424 e. The van der Waals surface area contributed by atoms with Crippen LogP contribution in [0.2, 0.25) is 0 Å². The fourth-order valence-corrected chi connectivity index (χ4v) is 2.29. The molecule has 0 saturated carbocycles. The molecule has 0 fully saturated rings. The van der Waals surface area contributed by atoms with Crippen LogP contribution in [0.25, 0.3) is 0 Å². The Balaban J connectivity index is 2.78. The topological polar surface area (TPSA) is 29.3 Å². The van der Waals surface area contributed by atoms with Gasteiger partial charge in [-0.3, -0.25) is 4.90 Å². The predicted molar refractivity (Wildman–Crippen MR) is 75.2 cm³/mol. The van der Waals surface area contributed by atoms with E-state index in [4.69, 9.17) is 5.73 Å². The van der Waals surface area contributed by atoms with Gasteiger partial charge in [0.1, 0.15) is 0 Å². The van der Waals surface area contributed by atoms with E-state index in [9.17, 15) is 0 Å². The summed E-state index contributed by atoms with van der Waals surface area (Å²) in [5.74, 6) is 0. The van der Waals surface area contributed by atoms with Crippen molar-refractivity contribution in [2.24, 2.45) is 5.73 Å². The molecule has 0 bridgehead atoms. The molecule has 0 heterocycles. The lowest BCUT2D eigenvalue weighted by atomic mass is 10.0. The van der Waals surface area contributed by atoms with Crippen molar-refractivity contribution >= 4 is 0 Å². The van der Waals surface area contributed by atoms with Gasteiger partial charge in [-0.25, -0.2) is 0 Å². The zero-order chi connectivity index (χ0) is 13.0. The number of nitrogens with two attached hydrogens (primary N) is 1. The zero-order valence-corrected chi connectivity index (χ0v) is 11.8. The second kappa shape index (κ2) is 6.18. The summed E-state index contributed by atoms with van der Waals surface area (Å²) in [7, 11) is 0. The first-order valence-electron chi connectivity index (χ1n) is 6.51. The van der Waals surface area contributed by atoms with Crippen LogP contribution in [-0.2, 0) is 0 Å². The minimum absolute atomic E-state index is 0.107. The lowest BCUT2D eigenvalue weighted by Gasteiger charge is -2.28. The third kappa shape index (κ3) is 4.14. The molecule has 1 atom stereocenters. The fourth-order valence-electron chi connectivity index (χ4n) is 2.29. The standard InChI is InChI=1S/C15H26N2/c1-6-17(11(2)3)10-15(16)14-8-12(4)7-13(5)9-14/h7-9,11,15H,6,10,16H2,1-5H3. The first-order valence-corrected chi connectivity index (χ1v) is 6.51. The number of aryl methyl sites for hydroxylation is 2. The van der Waals surface area contributed by atoms with Crippen molar-refractivity contribution in [2.45, 2.75) is 46.7 Å². The van der Waals surface area contributed by atoms with E-state index in [0.29, 0.717) is 6.04 Å². The highest BCUT2D eigenvalue weighted by Crippen LogP contribution is 2.17. The average molecular weight is 234 g/mol. The van der Waals surface area contributed by atoms with Gasteiger partial charge in [0.05, 0.1) is 0 Å². The van der Waals surface area contributed by atoms with Gasteiger partial charge < -0.3 is 5.73 Å². The first kappa shape index (κ1) is 14.2. The summed E-state index contributed by atoms with van der Waals surface area (Å²) in [5.41, 5.74) is 10.1. The number of hydrogen-bond acceptors (Lipinski definition) is 2. The van der Waals surface area contributed by atoms with Gasteiger partial charge in [-0.1, -0.05) is 36.2 Å². The average Bonchev–Trinajstić information content (AvgIpc) is 2.23. The zero-order valence-electron chi connectivity index (χ0n) is 11.8. The van der Waals surface area contributed by atoms with Crippen molar-refractivity contribution < 1.29 is 0 Å². The Labute approximate surface area is 106 Å². The molecule has 2 N–H and O–H groups in total. The van der Waals surface area contributed by atoms with Crippen molar-refractivity contribution in [3.63, 3.8) is 0 Å². The molecule has 0 spiro atoms. The summed E-state index contributed by atoms with van der Waals surface area (Å²) in [4.78, 5) is 2.41. The van der Waals surface area contributed by atoms with E-state index in [1.807, 2.05) is 0 Å². The van der Waals surface area contributed by atoms with Crippen LogP contribution in [0.5, 0.6) is 0 Å². The predicted octanol–water partition coefficient (Wildman–Crippen LogP) is 3.03. The summed E-state index contributed by atoms with van der Waals surface area (Å²) in [6.45, 7) is 12.9. The Morgan fingerprint density at radius 3 is 2.06 bits per heavy atom. The van der Waals surface area contributed by atoms with Gasteiger partial charge in [-0.05, 0) is 39.8 Å². The van der Waals surface area contributed by atoms with E-state index in [0.717, 1.165) is 13.1 Å². The van der Waals surface area contributed by atoms with Crippen LogP contribution in [0.15, 0.2) is 18.2 Å².